The van der Waals surface area contributed by atoms with Crippen molar-refractivity contribution in [1.82, 2.24) is 0 Å². The molecule has 0 N–H and O–H groups in total. The summed E-state index contributed by atoms with van der Waals surface area (Å²) in [7, 11) is 0. The molecule has 4 nitrogen and oxygen atoms in total. The Morgan fingerprint density at radius 1 is 1.38 bits per heavy atom. The molecule has 116 valence electrons. The molecule has 21 heavy (non-hydrogen) atoms. The Hall–Kier alpha value is -1.32. The van der Waals surface area contributed by atoms with Crippen LogP contribution in [0.1, 0.15) is 53.4 Å². The molecular weight excluding hydrogens is 268 g/mol. The molecular formula is C17H24O4. The maximum Gasteiger partial charge on any atom is 0.334 e. The average molecular weight is 292 g/mol. The first kappa shape index (κ1) is 14.6. The van der Waals surface area contributed by atoms with Crippen LogP contribution in [0.2, 0.25) is 0 Å². The molecule has 0 aromatic carbocycles. The maximum atomic E-state index is 11.9. The molecule has 0 unspecified atom stereocenters. The lowest BCUT2D eigenvalue weighted by Gasteiger charge is -2.54. The predicted octanol–water partition coefficient (Wildman–Crippen LogP) is 3.01. The van der Waals surface area contributed by atoms with Gasteiger partial charge in [0, 0.05) is 23.5 Å². The van der Waals surface area contributed by atoms with E-state index in [9.17, 15) is 9.59 Å². The third-order valence-corrected chi connectivity index (χ3v) is 6.10. The van der Waals surface area contributed by atoms with Gasteiger partial charge in [-0.25, -0.2) is 4.79 Å². The van der Waals surface area contributed by atoms with E-state index in [1.807, 2.05) is 0 Å². The van der Waals surface area contributed by atoms with E-state index in [0.29, 0.717) is 17.4 Å². The molecule has 0 aromatic rings. The van der Waals surface area contributed by atoms with Gasteiger partial charge in [-0.15, -0.1) is 0 Å². The van der Waals surface area contributed by atoms with E-state index in [0.717, 1.165) is 24.8 Å². The lowest BCUT2D eigenvalue weighted by molar-refractivity contribution is -0.167. The zero-order chi connectivity index (χ0) is 15.4. The molecule has 4 heteroatoms. The number of carbonyl (C=O) groups excluding carboxylic acids is 2. The molecule has 0 bridgehead atoms. The normalized spacial score (nSPS) is 42.2. The predicted molar refractivity (Wildman–Crippen MR) is 77.4 cm³/mol. The summed E-state index contributed by atoms with van der Waals surface area (Å²) >= 11 is 0. The van der Waals surface area contributed by atoms with Crippen LogP contribution in [0.15, 0.2) is 11.1 Å². The van der Waals surface area contributed by atoms with Crippen LogP contribution in [0.5, 0.6) is 0 Å². The van der Waals surface area contributed by atoms with E-state index < -0.39 is 0 Å². The first-order valence-corrected chi connectivity index (χ1v) is 7.94. The molecule has 1 heterocycles. The van der Waals surface area contributed by atoms with Crippen LogP contribution in [-0.4, -0.2) is 24.1 Å². The third kappa shape index (κ3) is 2.02. The summed E-state index contributed by atoms with van der Waals surface area (Å²) in [5.41, 5.74) is 1.47. The van der Waals surface area contributed by atoms with Crippen LogP contribution < -0.4 is 0 Å². The van der Waals surface area contributed by atoms with Crippen molar-refractivity contribution in [2.75, 3.05) is 0 Å². The van der Waals surface area contributed by atoms with Crippen molar-refractivity contribution in [1.29, 1.82) is 0 Å². The van der Waals surface area contributed by atoms with E-state index >= 15 is 0 Å². The number of hydrogen-bond donors (Lipinski definition) is 0. The number of hydrogen-bond acceptors (Lipinski definition) is 4. The van der Waals surface area contributed by atoms with Crippen LogP contribution in [0.25, 0.3) is 0 Å². The molecule has 3 rings (SSSR count). The van der Waals surface area contributed by atoms with Crippen molar-refractivity contribution in [3.63, 3.8) is 0 Å². The highest BCUT2D eigenvalue weighted by Crippen LogP contribution is 2.57. The summed E-state index contributed by atoms with van der Waals surface area (Å²) in [5.74, 6) is 0.385. The van der Waals surface area contributed by atoms with Crippen LogP contribution >= 0.6 is 0 Å². The highest BCUT2D eigenvalue weighted by molar-refractivity contribution is 5.92. The molecule has 0 aromatic heterocycles. The fourth-order valence-electron chi connectivity index (χ4n) is 4.67. The van der Waals surface area contributed by atoms with Crippen molar-refractivity contribution in [2.24, 2.45) is 17.3 Å². The Bertz CT molecular complexity index is 521. The van der Waals surface area contributed by atoms with E-state index in [1.165, 1.54) is 13.3 Å². The van der Waals surface area contributed by atoms with Gasteiger partial charge in [-0.05, 0) is 31.6 Å². The third-order valence-electron chi connectivity index (χ3n) is 6.10. The molecule has 3 aliphatic rings. The second-order valence-electron chi connectivity index (χ2n) is 7.09. The minimum absolute atomic E-state index is 0.0923. The van der Waals surface area contributed by atoms with Gasteiger partial charge in [0.05, 0.1) is 0 Å². The summed E-state index contributed by atoms with van der Waals surface area (Å²) in [5, 5.41) is 0. The minimum Gasteiger partial charge on any atom is -0.457 e. The van der Waals surface area contributed by atoms with Gasteiger partial charge in [0.25, 0.3) is 0 Å². The number of carbonyl (C=O) groups is 2. The molecule has 0 amide bonds. The fraction of sp³-hybridized carbons (Fsp3) is 0.765. The Kier molecular flexibility index (Phi) is 3.38. The quantitative estimate of drug-likeness (QED) is 0.697. The van der Waals surface area contributed by atoms with E-state index in [1.54, 1.807) is 6.92 Å². The van der Waals surface area contributed by atoms with Crippen molar-refractivity contribution >= 4 is 11.9 Å². The monoisotopic (exact) mass is 292 g/mol. The van der Waals surface area contributed by atoms with Gasteiger partial charge >= 0.3 is 11.9 Å². The molecule has 0 spiro atoms. The van der Waals surface area contributed by atoms with Crippen LogP contribution in [-0.2, 0) is 19.1 Å². The Labute approximate surface area is 125 Å². The van der Waals surface area contributed by atoms with Crippen molar-refractivity contribution in [3.8, 4) is 0 Å². The number of fused-ring (bicyclic) bond motifs is 2. The van der Waals surface area contributed by atoms with Crippen LogP contribution in [0.4, 0.5) is 0 Å². The molecule has 2 aliphatic carbocycles. The molecule has 0 radical (unpaired) electrons. The van der Waals surface area contributed by atoms with Crippen molar-refractivity contribution < 1.29 is 19.1 Å². The molecule has 5 atom stereocenters. The highest BCUT2D eigenvalue weighted by atomic mass is 16.6. The van der Waals surface area contributed by atoms with Crippen molar-refractivity contribution in [3.05, 3.63) is 11.1 Å². The van der Waals surface area contributed by atoms with E-state index in [-0.39, 0.29) is 29.6 Å². The van der Waals surface area contributed by atoms with E-state index in [2.05, 4.69) is 13.8 Å². The molecule has 1 aliphatic heterocycles. The number of ether oxygens (including phenoxy) is 2. The standard InChI is InChI=1S/C17H24O4/c1-9-6-5-7-12-8-13-14(10(2)16(19)21-13)15(17(9,12)4)20-11(3)18/h9,12-13,15H,5-8H2,1-4H3/t9-,12+,13-,15-,17+/m0/s1. The SMILES string of the molecule is CC(=O)O[C@H]1C2=C(C)C(=O)O[C@H]2C[C@H]2CCC[C@H](C)[C@]21C. The molecule has 0 saturated heterocycles. The topological polar surface area (TPSA) is 52.6 Å². The Morgan fingerprint density at radius 3 is 2.76 bits per heavy atom. The Balaban J connectivity index is 2.08. The summed E-state index contributed by atoms with van der Waals surface area (Å²) in [6, 6.07) is 0. The fourth-order valence-corrected chi connectivity index (χ4v) is 4.67. The van der Waals surface area contributed by atoms with Crippen molar-refractivity contribution in [2.45, 2.75) is 65.6 Å². The van der Waals surface area contributed by atoms with Crippen LogP contribution in [0.3, 0.4) is 0 Å². The van der Waals surface area contributed by atoms with Gasteiger partial charge in [-0.1, -0.05) is 26.7 Å². The van der Waals surface area contributed by atoms with Gasteiger partial charge in [0.15, 0.2) is 0 Å². The second kappa shape index (κ2) is 4.85. The van der Waals surface area contributed by atoms with Gasteiger partial charge in [-0.3, -0.25) is 4.79 Å². The van der Waals surface area contributed by atoms with Gasteiger partial charge in [-0.2, -0.15) is 0 Å². The summed E-state index contributed by atoms with van der Waals surface area (Å²) < 4.78 is 11.3. The van der Waals surface area contributed by atoms with Crippen LogP contribution in [0, 0.1) is 17.3 Å². The first-order valence-electron chi connectivity index (χ1n) is 7.94. The lowest BCUT2D eigenvalue weighted by Crippen LogP contribution is -2.55. The Morgan fingerprint density at radius 2 is 2.10 bits per heavy atom. The number of esters is 2. The van der Waals surface area contributed by atoms with Gasteiger partial charge in [0.1, 0.15) is 12.2 Å². The zero-order valence-electron chi connectivity index (χ0n) is 13.3. The maximum absolute atomic E-state index is 11.9. The minimum atomic E-state index is -0.319. The van der Waals surface area contributed by atoms with E-state index in [4.69, 9.17) is 9.47 Å². The zero-order valence-corrected chi connectivity index (χ0v) is 13.3. The van der Waals surface area contributed by atoms with Gasteiger partial charge < -0.3 is 9.47 Å². The highest BCUT2D eigenvalue weighted by Gasteiger charge is 2.58. The summed E-state index contributed by atoms with van der Waals surface area (Å²) in [6.07, 6.45) is 3.84. The number of rotatable bonds is 1. The first-order chi connectivity index (χ1) is 9.85. The summed E-state index contributed by atoms with van der Waals surface area (Å²) in [4.78, 5) is 23.6. The summed E-state index contributed by atoms with van der Waals surface area (Å²) in [6.45, 7) is 7.72. The largest absolute Gasteiger partial charge is 0.457 e. The molecule has 2 saturated carbocycles. The average Bonchev–Trinajstić information content (AvgIpc) is 2.68. The van der Waals surface area contributed by atoms with Gasteiger partial charge in [0.2, 0.25) is 0 Å². The molecule has 2 fully saturated rings. The smallest absolute Gasteiger partial charge is 0.334 e. The lowest BCUT2D eigenvalue weighted by atomic mass is 9.53. The second-order valence-corrected chi connectivity index (χ2v) is 7.09.